The Morgan fingerprint density at radius 1 is 1.32 bits per heavy atom. The fourth-order valence-corrected chi connectivity index (χ4v) is 1.69. The summed E-state index contributed by atoms with van der Waals surface area (Å²) >= 11 is 0. The number of amides is 1. The van der Waals surface area contributed by atoms with Crippen LogP contribution in [0, 0.1) is 6.92 Å². The van der Waals surface area contributed by atoms with Gasteiger partial charge in [0.25, 0.3) is 5.91 Å². The third-order valence-electron chi connectivity index (χ3n) is 2.76. The minimum Gasteiger partial charge on any atom is -0.507 e. The van der Waals surface area contributed by atoms with E-state index in [0.717, 1.165) is 0 Å². The number of nitrogens with zero attached hydrogens (tertiary/aromatic N) is 1. The van der Waals surface area contributed by atoms with Crippen LogP contribution in [-0.4, -0.2) is 41.6 Å². The van der Waals surface area contributed by atoms with E-state index in [0.29, 0.717) is 12.1 Å². The first-order valence-corrected chi connectivity index (χ1v) is 6.24. The molecule has 0 saturated carbocycles. The molecule has 0 aromatic heterocycles. The van der Waals surface area contributed by atoms with Crippen LogP contribution < -0.4 is 0 Å². The van der Waals surface area contributed by atoms with Gasteiger partial charge < -0.3 is 14.7 Å². The molecule has 0 radical (unpaired) electrons. The summed E-state index contributed by atoms with van der Waals surface area (Å²) in [5.74, 6) is -0.878. The lowest BCUT2D eigenvalue weighted by molar-refractivity contribution is -0.143. The average molecular weight is 265 g/mol. The van der Waals surface area contributed by atoms with Gasteiger partial charge in [0.05, 0.1) is 12.2 Å². The van der Waals surface area contributed by atoms with Crippen LogP contribution in [-0.2, 0) is 9.53 Å². The highest BCUT2D eigenvalue weighted by atomic mass is 16.5. The van der Waals surface area contributed by atoms with Gasteiger partial charge in [0, 0.05) is 6.54 Å². The number of hydrogen-bond acceptors (Lipinski definition) is 4. The number of phenols is 1. The van der Waals surface area contributed by atoms with Crippen molar-refractivity contribution in [1.29, 1.82) is 0 Å². The molecule has 19 heavy (non-hydrogen) atoms. The number of likely N-dealkylation sites (N-methyl/N-ethyl adjacent to an activating group) is 1. The maximum absolute atomic E-state index is 12.2. The van der Waals surface area contributed by atoms with Crippen molar-refractivity contribution < 1.29 is 19.4 Å². The van der Waals surface area contributed by atoms with Gasteiger partial charge in [-0.1, -0.05) is 12.1 Å². The second kappa shape index (κ2) is 6.78. The number of hydrogen-bond donors (Lipinski definition) is 1. The van der Waals surface area contributed by atoms with Gasteiger partial charge in [-0.15, -0.1) is 0 Å². The number of rotatable bonds is 5. The molecule has 104 valence electrons. The van der Waals surface area contributed by atoms with Crippen LogP contribution in [0.4, 0.5) is 0 Å². The molecule has 0 fully saturated rings. The summed E-state index contributed by atoms with van der Waals surface area (Å²) in [5.41, 5.74) is 0.823. The Balaban J connectivity index is 2.89. The molecule has 1 rings (SSSR count). The van der Waals surface area contributed by atoms with Crippen LogP contribution in [0.1, 0.15) is 29.8 Å². The summed E-state index contributed by atoms with van der Waals surface area (Å²) in [6.45, 7) is 5.72. The van der Waals surface area contributed by atoms with E-state index in [1.807, 2.05) is 0 Å². The third kappa shape index (κ3) is 3.71. The molecule has 0 spiro atoms. The lowest BCUT2D eigenvalue weighted by atomic mass is 10.1. The highest BCUT2D eigenvalue weighted by molar-refractivity contribution is 5.98. The van der Waals surface area contributed by atoms with Gasteiger partial charge in [0.2, 0.25) is 0 Å². The second-order valence-electron chi connectivity index (χ2n) is 4.10. The third-order valence-corrected chi connectivity index (χ3v) is 2.76. The molecule has 0 bridgehead atoms. The first kappa shape index (κ1) is 15.0. The van der Waals surface area contributed by atoms with E-state index in [1.54, 1.807) is 39.0 Å². The van der Waals surface area contributed by atoms with E-state index >= 15 is 0 Å². The van der Waals surface area contributed by atoms with Crippen molar-refractivity contribution in [3.05, 3.63) is 29.3 Å². The molecule has 1 amide bonds. The van der Waals surface area contributed by atoms with Gasteiger partial charge in [0.1, 0.15) is 12.3 Å². The molecule has 0 saturated heterocycles. The van der Waals surface area contributed by atoms with Gasteiger partial charge in [-0.05, 0) is 32.4 Å². The Morgan fingerprint density at radius 2 is 2.00 bits per heavy atom. The van der Waals surface area contributed by atoms with Crippen LogP contribution in [0.3, 0.4) is 0 Å². The second-order valence-corrected chi connectivity index (χ2v) is 4.10. The molecule has 0 aliphatic carbocycles. The number of carbonyl (C=O) groups excluding carboxylic acids is 2. The van der Waals surface area contributed by atoms with E-state index in [9.17, 15) is 14.7 Å². The molecule has 5 heteroatoms. The van der Waals surface area contributed by atoms with Crippen LogP contribution in [0.15, 0.2) is 18.2 Å². The smallest absolute Gasteiger partial charge is 0.325 e. The molecule has 1 aromatic rings. The molecule has 0 atom stereocenters. The minimum absolute atomic E-state index is 0.0465. The molecule has 0 aliphatic heterocycles. The summed E-state index contributed by atoms with van der Waals surface area (Å²) in [7, 11) is 0. The Labute approximate surface area is 112 Å². The number of phenolic OH excluding ortho intramolecular Hbond substituents is 1. The van der Waals surface area contributed by atoms with Crippen molar-refractivity contribution in [2.45, 2.75) is 20.8 Å². The van der Waals surface area contributed by atoms with Gasteiger partial charge >= 0.3 is 5.97 Å². The number of para-hydroxylation sites is 1. The zero-order valence-electron chi connectivity index (χ0n) is 11.5. The van der Waals surface area contributed by atoms with E-state index in [4.69, 9.17) is 4.74 Å². The predicted molar refractivity (Wildman–Crippen MR) is 71.1 cm³/mol. The van der Waals surface area contributed by atoms with Crippen molar-refractivity contribution >= 4 is 11.9 Å². The van der Waals surface area contributed by atoms with Crippen LogP contribution >= 0.6 is 0 Å². The number of aromatic hydroxyl groups is 1. The van der Waals surface area contributed by atoms with E-state index in [-0.39, 0.29) is 30.4 Å². The van der Waals surface area contributed by atoms with Crippen LogP contribution in [0.2, 0.25) is 0 Å². The van der Waals surface area contributed by atoms with Crippen molar-refractivity contribution in [2.75, 3.05) is 19.7 Å². The Morgan fingerprint density at radius 3 is 2.58 bits per heavy atom. The average Bonchev–Trinajstić information content (AvgIpc) is 2.39. The summed E-state index contributed by atoms with van der Waals surface area (Å²) in [5, 5.41) is 9.89. The van der Waals surface area contributed by atoms with E-state index in [1.165, 1.54) is 4.90 Å². The molecule has 0 heterocycles. The number of esters is 1. The molecule has 1 N–H and O–H groups in total. The van der Waals surface area contributed by atoms with Gasteiger partial charge in [0.15, 0.2) is 0 Å². The number of ether oxygens (including phenoxy) is 1. The zero-order chi connectivity index (χ0) is 14.4. The normalized spacial score (nSPS) is 10.1. The van der Waals surface area contributed by atoms with Gasteiger partial charge in [-0.3, -0.25) is 9.59 Å². The van der Waals surface area contributed by atoms with Crippen molar-refractivity contribution in [3.8, 4) is 5.75 Å². The summed E-state index contributed by atoms with van der Waals surface area (Å²) in [4.78, 5) is 25.0. The lowest BCUT2D eigenvalue weighted by Crippen LogP contribution is -2.36. The summed E-state index contributed by atoms with van der Waals surface area (Å²) in [6.07, 6.45) is 0. The molecule has 5 nitrogen and oxygen atoms in total. The van der Waals surface area contributed by atoms with E-state index in [2.05, 4.69) is 0 Å². The first-order chi connectivity index (χ1) is 9.01. The predicted octanol–water partition coefficient (Wildman–Crippen LogP) is 1.73. The first-order valence-electron chi connectivity index (χ1n) is 6.24. The Kier molecular flexibility index (Phi) is 5.36. The molecule has 1 aromatic carbocycles. The zero-order valence-corrected chi connectivity index (χ0v) is 11.5. The summed E-state index contributed by atoms with van der Waals surface area (Å²) < 4.78 is 4.82. The fraction of sp³-hybridized carbons (Fsp3) is 0.429. The van der Waals surface area contributed by atoms with Crippen molar-refractivity contribution in [2.24, 2.45) is 0 Å². The molecular formula is C14H19NO4. The highest BCUT2D eigenvalue weighted by Crippen LogP contribution is 2.22. The standard InChI is InChI=1S/C14H19NO4/c1-4-15(9-12(16)19-5-2)14(18)11-8-6-7-10(3)13(11)17/h6-8,17H,4-5,9H2,1-3H3. The maximum Gasteiger partial charge on any atom is 0.325 e. The Bertz CT molecular complexity index is 471. The quantitative estimate of drug-likeness (QED) is 0.823. The van der Waals surface area contributed by atoms with E-state index < -0.39 is 5.97 Å². The molecular weight excluding hydrogens is 246 g/mol. The topological polar surface area (TPSA) is 66.8 Å². The fourth-order valence-electron chi connectivity index (χ4n) is 1.69. The molecule has 0 aliphatic rings. The highest BCUT2D eigenvalue weighted by Gasteiger charge is 2.21. The summed E-state index contributed by atoms with van der Waals surface area (Å²) in [6, 6.07) is 4.95. The van der Waals surface area contributed by atoms with Crippen molar-refractivity contribution in [1.82, 2.24) is 4.90 Å². The maximum atomic E-state index is 12.2. The largest absolute Gasteiger partial charge is 0.507 e. The van der Waals surface area contributed by atoms with Gasteiger partial charge in [-0.2, -0.15) is 0 Å². The number of aryl methyl sites for hydroxylation is 1. The van der Waals surface area contributed by atoms with Gasteiger partial charge in [-0.25, -0.2) is 0 Å². The SMILES string of the molecule is CCOC(=O)CN(CC)C(=O)c1cccc(C)c1O. The number of benzene rings is 1. The Hall–Kier alpha value is -2.04. The molecule has 0 unspecified atom stereocenters. The lowest BCUT2D eigenvalue weighted by Gasteiger charge is -2.20. The number of carbonyl (C=O) groups is 2. The van der Waals surface area contributed by atoms with Crippen LogP contribution in [0.25, 0.3) is 0 Å². The van der Waals surface area contributed by atoms with Crippen molar-refractivity contribution in [3.63, 3.8) is 0 Å². The minimum atomic E-state index is -0.454. The van der Waals surface area contributed by atoms with Crippen LogP contribution in [0.5, 0.6) is 5.75 Å². The monoisotopic (exact) mass is 265 g/mol.